The Morgan fingerprint density at radius 3 is 2.63 bits per heavy atom. The van der Waals surface area contributed by atoms with Gasteiger partial charge in [-0.05, 0) is 36.0 Å². The molecule has 3 nitrogen and oxygen atoms in total. The van der Waals surface area contributed by atoms with Crippen molar-refractivity contribution in [1.82, 2.24) is 5.16 Å². The molecule has 2 aromatic rings. The molecule has 1 aliphatic rings. The molecule has 0 amide bonds. The molecule has 0 aliphatic heterocycles. The fourth-order valence-corrected chi connectivity index (χ4v) is 2.90. The summed E-state index contributed by atoms with van der Waals surface area (Å²) < 4.78 is 19.1. The highest BCUT2D eigenvalue weighted by Gasteiger charge is 2.19. The number of aromatic nitrogens is 1. The molecule has 0 bridgehead atoms. The molecular weight excluding hydrogens is 243 g/mol. The topological polar surface area (TPSA) is 52.0 Å². The highest BCUT2D eigenvalue weighted by Crippen LogP contribution is 2.36. The number of nitrogens with two attached hydrogens (primary N) is 1. The van der Waals surface area contributed by atoms with E-state index in [2.05, 4.69) is 5.16 Å². The Kier molecular flexibility index (Phi) is 3.23. The van der Waals surface area contributed by atoms with Crippen LogP contribution < -0.4 is 5.73 Å². The van der Waals surface area contributed by atoms with Crippen LogP contribution in [0.15, 0.2) is 28.9 Å². The van der Waals surface area contributed by atoms with E-state index >= 15 is 0 Å². The minimum atomic E-state index is -0.148. The van der Waals surface area contributed by atoms with Gasteiger partial charge in [-0.2, -0.15) is 0 Å². The van der Waals surface area contributed by atoms with Gasteiger partial charge in [-0.15, -0.1) is 0 Å². The second-order valence-corrected chi connectivity index (χ2v) is 5.17. The number of halogens is 1. The Morgan fingerprint density at radius 1 is 1.21 bits per heavy atom. The van der Waals surface area contributed by atoms with Crippen molar-refractivity contribution in [3.63, 3.8) is 0 Å². The van der Waals surface area contributed by atoms with E-state index in [1.807, 2.05) is 12.1 Å². The van der Waals surface area contributed by atoms with Crippen LogP contribution in [0, 0.1) is 5.82 Å². The number of benzene rings is 1. The van der Waals surface area contributed by atoms with Crippen LogP contribution in [0.25, 0.3) is 11.1 Å². The zero-order valence-electron chi connectivity index (χ0n) is 10.7. The predicted octanol–water partition coefficient (Wildman–Crippen LogP) is 4.11. The zero-order chi connectivity index (χ0) is 13.2. The fraction of sp³-hybridized carbons (Fsp3) is 0.400. The van der Waals surface area contributed by atoms with Crippen LogP contribution in [0.4, 0.5) is 10.3 Å². The lowest BCUT2D eigenvalue weighted by atomic mass is 9.83. The van der Waals surface area contributed by atoms with Gasteiger partial charge in [-0.25, -0.2) is 4.39 Å². The van der Waals surface area contributed by atoms with Crippen molar-refractivity contribution in [2.45, 2.75) is 38.0 Å². The maximum Gasteiger partial charge on any atom is 0.229 e. The van der Waals surface area contributed by atoms with Crippen molar-refractivity contribution in [2.75, 3.05) is 5.73 Å². The van der Waals surface area contributed by atoms with Gasteiger partial charge in [0, 0.05) is 0 Å². The first kappa shape index (κ1) is 12.2. The third-order valence-corrected chi connectivity index (χ3v) is 3.95. The van der Waals surface area contributed by atoms with Gasteiger partial charge in [0.2, 0.25) is 5.88 Å². The molecule has 0 radical (unpaired) electrons. The number of anilines is 1. The van der Waals surface area contributed by atoms with E-state index in [1.165, 1.54) is 31.5 Å². The number of nitrogens with zero attached hydrogens (tertiary/aromatic N) is 1. The van der Waals surface area contributed by atoms with Crippen LogP contribution >= 0.6 is 0 Å². The minimum absolute atomic E-state index is 0.148. The average molecular weight is 260 g/mol. The first-order chi connectivity index (χ1) is 9.25. The summed E-state index contributed by atoms with van der Waals surface area (Å²) in [6.07, 6.45) is 7.37. The van der Waals surface area contributed by atoms with Gasteiger partial charge in [0.15, 0.2) is 0 Å². The summed E-state index contributed by atoms with van der Waals surface area (Å²) in [5.41, 5.74) is 7.85. The molecule has 0 atom stereocenters. The van der Waals surface area contributed by atoms with Crippen LogP contribution in [0.2, 0.25) is 0 Å². The Labute approximate surface area is 111 Å². The molecule has 2 N–H and O–H groups in total. The summed E-state index contributed by atoms with van der Waals surface area (Å²) in [7, 11) is 0. The van der Waals surface area contributed by atoms with Gasteiger partial charge >= 0.3 is 0 Å². The first-order valence-electron chi connectivity index (χ1n) is 6.75. The molecule has 19 heavy (non-hydrogen) atoms. The maximum absolute atomic E-state index is 14.3. The molecule has 3 rings (SSSR count). The average Bonchev–Trinajstić information content (AvgIpc) is 2.86. The lowest BCUT2D eigenvalue weighted by molar-refractivity contribution is 0.430. The van der Waals surface area contributed by atoms with Gasteiger partial charge in [-0.1, -0.05) is 36.6 Å². The van der Waals surface area contributed by atoms with E-state index in [0.717, 1.165) is 24.0 Å². The lowest BCUT2D eigenvalue weighted by Gasteiger charge is -2.22. The van der Waals surface area contributed by atoms with E-state index in [9.17, 15) is 4.39 Å². The summed E-state index contributed by atoms with van der Waals surface area (Å²) in [5.74, 6) is 0.442. The zero-order valence-corrected chi connectivity index (χ0v) is 10.7. The third kappa shape index (κ3) is 2.35. The Hall–Kier alpha value is -1.84. The van der Waals surface area contributed by atoms with Gasteiger partial charge in [0.1, 0.15) is 5.82 Å². The molecule has 1 heterocycles. The molecule has 4 heteroatoms. The van der Waals surface area contributed by atoms with Crippen molar-refractivity contribution in [3.8, 4) is 11.1 Å². The fourth-order valence-electron chi connectivity index (χ4n) is 2.90. The van der Waals surface area contributed by atoms with Crippen LogP contribution in [0.3, 0.4) is 0 Å². The van der Waals surface area contributed by atoms with Crippen molar-refractivity contribution in [2.24, 2.45) is 0 Å². The Bertz CT molecular complexity index is 573. The minimum Gasteiger partial charge on any atom is -0.367 e. The first-order valence-corrected chi connectivity index (χ1v) is 6.75. The molecule has 1 aliphatic carbocycles. The van der Waals surface area contributed by atoms with E-state index in [0.29, 0.717) is 11.5 Å². The quantitative estimate of drug-likeness (QED) is 0.884. The number of nitrogen functional groups attached to an aromatic ring is 1. The third-order valence-electron chi connectivity index (χ3n) is 3.95. The number of rotatable bonds is 2. The van der Waals surface area contributed by atoms with Crippen molar-refractivity contribution in [3.05, 3.63) is 35.8 Å². The summed E-state index contributed by atoms with van der Waals surface area (Å²) in [5, 5.41) is 3.62. The summed E-state index contributed by atoms with van der Waals surface area (Å²) in [6.45, 7) is 0. The van der Waals surface area contributed by atoms with Crippen molar-refractivity contribution < 1.29 is 8.91 Å². The van der Waals surface area contributed by atoms with E-state index in [1.54, 1.807) is 0 Å². The highest BCUT2D eigenvalue weighted by atomic mass is 19.1. The monoisotopic (exact) mass is 260 g/mol. The second-order valence-electron chi connectivity index (χ2n) is 5.17. The van der Waals surface area contributed by atoms with Crippen LogP contribution in [0.1, 0.15) is 43.6 Å². The standard InChI is InChI=1S/C15H17FN2O/c16-14-8-11(13-9-18-19-15(13)17)6-7-12(14)10-4-2-1-3-5-10/h6-10H,1-5,17H2. The molecule has 1 saturated carbocycles. The molecule has 1 fully saturated rings. The van der Waals surface area contributed by atoms with Gasteiger partial charge < -0.3 is 10.3 Å². The summed E-state index contributed by atoms with van der Waals surface area (Å²) in [6, 6.07) is 5.32. The summed E-state index contributed by atoms with van der Waals surface area (Å²) >= 11 is 0. The molecule has 0 saturated heterocycles. The Balaban J connectivity index is 1.91. The van der Waals surface area contributed by atoms with Crippen molar-refractivity contribution >= 4 is 5.88 Å². The number of hydrogen-bond acceptors (Lipinski definition) is 3. The highest BCUT2D eigenvalue weighted by molar-refractivity contribution is 5.72. The van der Waals surface area contributed by atoms with Gasteiger partial charge in [0.25, 0.3) is 0 Å². The van der Waals surface area contributed by atoms with Crippen LogP contribution in [-0.2, 0) is 0 Å². The largest absolute Gasteiger partial charge is 0.367 e. The lowest BCUT2D eigenvalue weighted by Crippen LogP contribution is -2.06. The molecular formula is C15H17FN2O. The predicted molar refractivity (Wildman–Crippen MR) is 72.1 cm³/mol. The number of hydrogen-bond donors (Lipinski definition) is 1. The summed E-state index contributed by atoms with van der Waals surface area (Å²) in [4.78, 5) is 0. The Morgan fingerprint density at radius 2 is 2.00 bits per heavy atom. The smallest absolute Gasteiger partial charge is 0.229 e. The maximum atomic E-state index is 14.3. The molecule has 100 valence electrons. The molecule has 0 unspecified atom stereocenters. The van der Waals surface area contributed by atoms with Crippen LogP contribution in [-0.4, -0.2) is 5.16 Å². The molecule has 1 aromatic heterocycles. The van der Waals surface area contributed by atoms with E-state index < -0.39 is 0 Å². The molecule has 1 aromatic carbocycles. The van der Waals surface area contributed by atoms with Crippen LogP contribution in [0.5, 0.6) is 0 Å². The second kappa shape index (κ2) is 5.03. The molecule has 0 spiro atoms. The van der Waals surface area contributed by atoms with E-state index in [4.69, 9.17) is 10.3 Å². The normalized spacial score (nSPS) is 16.7. The van der Waals surface area contributed by atoms with Gasteiger partial charge in [0.05, 0.1) is 11.8 Å². The van der Waals surface area contributed by atoms with Gasteiger partial charge in [-0.3, -0.25) is 0 Å². The van der Waals surface area contributed by atoms with Crippen molar-refractivity contribution in [1.29, 1.82) is 0 Å². The van der Waals surface area contributed by atoms with E-state index in [-0.39, 0.29) is 11.7 Å². The SMILES string of the molecule is Nc1oncc1-c1ccc(C2CCCCC2)c(F)c1.